The molecular weight excluding hydrogens is 376 g/mol. The Morgan fingerprint density at radius 1 is 1.19 bits per heavy atom. The van der Waals surface area contributed by atoms with Gasteiger partial charge in [-0.3, -0.25) is 4.79 Å². The number of phenolic OH excluding ortho intramolecular Hbond substituents is 1. The molecular formula is C17H12BCl2N3O3. The van der Waals surface area contributed by atoms with E-state index in [2.05, 4.69) is 15.2 Å². The summed E-state index contributed by atoms with van der Waals surface area (Å²) in [5, 5.41) is 28.1. The smallest absolute Gasteiger partial charge is 0.271 e. The van der Waals surface area contributed by atoms with Gasteiger partial charge in [-0.15, -0.1) is 10.2 Å². The van der Waals surface area contributed by atoms with Gasteiger partial charge in [0.1, 0.15) is 13.6 Å². The molecule has 0 saturated carbocycles. The number of hydrogen-bond acceptors (Lipinski definition) is 4. The van der Waals surface area contributed by atoms with Crippen molar-refractivity contribution in [3.63, 3.8) is 0 Å². The highest BCUT2D eigenvalue weighted by Gasteiger charge is 2.19. The molecule has 0 aliphatic heterocycles. The van der Waals surface area contributed by atoms with E-state index >= 15 is 0 Å². The zero-order valence-corrected chi connectivity index (χ0v) is 15.0. The lowest BCUT2D eigenvalue weighted by molar-refractivity contribution is -0.119. The number of rotatable bonds is 3. The number of carbonyl (C=O) groups is 1. The lowest BCUT2D eigenvalue weighted by Crippen LogP contribution is -2.10. The molecule has 1 amide bonds. The third-order valence-electron chi connectivity index (χ3n) is 3.98. The molecule has 9 heteroatoms. The van der Waals surface area contributed by atoms with Crippen LogP contribution in [0.5, 0.6) is 11.6 Å². The summed E-state index contributed by atoms with van der Waals surface area (Å²) in [6.45, 7) is 1.63. The standard InChI is InChI=1S/C17H12BCl2N3O3/c1-7(8-2-5-12(24)9(18)6-8)16(25)23-22-15-13-10(19)3-4-11(20)14(13)21-17(15)26/h2-7,21,24,26H,1H3. The van der Waals surface area contributed by atoms with Gasteiger partial charge in [0.15, 0.2) is 5.69 Å². The van der Waals surface area contributed by atoms with Crippen molar-refractivity contribution in [2.75, 3.05) is 0 Å². The summed E-state index contributed by atoms with van der Waals surface area (Å²) in [5.74, 6) is -1.56. The Kier molecular flexibility index (Phi) is 4.93. The van der Waals surface area contributed by atoms with Gasteiger partial charge < -0.3 is 15.2 Å². The Bertz CT molecular complexity index is 1050. The highest BCUT2D eigenvalue weighted by molar-refractivity contribution is 6.41. The van der Waals surface area contributed by atoms with Crippen LogP contribution in [0.2, 0.25) is 10.0 Å². The molecule has 2 aromatic carbocycles. The van der Waals surface area contributed by atoms with Crippen molar-refractivity contribution in [2.24, 2.45) is 10.2 Å². The first-order valence-electron chi connectivity index (χ1n) is 7.52. The number of nitrogens with one attached hydrogen (secondary N) is 1. The van der Waals surface area contributed by atoms with Crippen LogP contribution in [0.4, 0.5) is 5.69 Å². The van der Waals surface area contributed by atoms with E-state index in [0.29, 0.717) is 26.5 Å². The second kappa shape index (κ2) is 7.01. The Labute approximate surface area is 159 Å². The van der Waals surface area contributed by atoms with Crippen molar-refractivity contribution < 1.29 is 15.0 Å². The largest absolute Gasteiger partial charge is 0.509 e. The number of aromatic amines is 1. The number of aromatic hydroxyl groups is 2. The number of fused-ring (bicyclic) bond motifs is 1. The zero-order valence-electron chi connectivity index (χ0n) is 13.5. The zero-order chi connectivity index (χ0) is 19.0. The molecule has 0 fully saturated rings. The Hall–Kier alpha value is -2.51. The van der Waals surface area contributed by atoms with Crippen molar-refractivity contribution in [3.8, 4) is 11.6 Å². The quantitative estimate of drug-likeness (QED) is 0.466. The summed E-state index contributed by atoms with van der Waals surface area (Å²) in [5.41, 5.74) is 1.17. The normalized spacial score (nSPS) is 12.7. The van der Waals surface area contributed by atoms with Crippen LogP contribution in [-0.2, 0) is 4.79 Å². The molecule has 0 bridgehead atoms. The Morgan fingerprint density at radius 3 is 2.58 bits per heavy atom. The van der Waals surface area contributed by atoms with Gasteiger partial charge in [0.25, 0.3) is 5.91 Å². The van der Waals surface area contributed by atoms with E-state index in [0.717, 1.165) is 0 Å². The monoisotopic (exact) mass is 387 g/mol. The molecule has 2 radical (unpaired) electrons. The maximum atomic E-state index is 12.3. The fourth-order valence-corrected chi connectivity index (χ4v) is 2.92. The predicted octanol–water partition coefficient (Wildman–Crippen LogP) is 4.09. The topological polar surface area (TPSA) is 98.0 Å². The maximum Gasteiger partial charge on any atom is 0.271 e. The summed E-state index contributed by atoms with van der Waals surface area (Å²) >= 11 is 12.2. The van der Waals surface area contributed by atoms with E-state index in [1.165, 1.54) is 12.1 Å². The van der Waals surface area contributed by atoms with Crippen molar-refractivity contribution >= 4 is 59.0 Å². The lowest BCUT2D eigenvalue weighted by atomic mass is 9.89. The van der Waals surface area contributed by atoms with Crippen LogP contribution in [0.25, 0.3) is 10.9 Å². The van der Waals surface area contributed by atoms with Crippen LogP contribution >= 0.6 is 23.2 Å². The number of carbonyl (C=O) groups excluding carboxylic acids is 1. The van der Waals surface area contributed by atoms with Gasteiger partial charge in [0, 0.05) is 0 Å². The van der Waals surface area contributed by atoms with E-state index in [1.807, 2.05) is 0 Å². The number of amides is 1. The van der Waals surface area contributed by atoms with Crippen LogP contribution in [-0.4, -0.2) is 29.0 Å². The van der Waals surface area contributed by atoms with Crippen LogP contribution in [0, 0.1) is 0 Å². The third-order valence-corrected chi connectivity index (χ3v) is 4.61. The lowest BCUT2D eigenvalue weighted by Gasteiger charge is -2.09. The van der Waals surface area contributed by atoms with Gasteiger partial charge in [-0.25, -0.2) is 0 Å². The van der Waals surface area contributed by atoms with Crippen LogP contribution < -0.4 is 5.46 Å². The summed E-state index contributed by atoms with van der Waals surface area (Å²) in [7, 11) is 5.64. The summed E-state index contributed by atoms with van der Waals surface area (Å²) in [6.07, 6.45) is 0. The van der Waals surface area contributed by atoms with Gasteiger partial charge in [-0.1, -0.05) is 40.8 Å². The van der Waals surface area contributed by atoms with E-state index in [9.17, 15) is 15.0 Å². The molecule has 130 valence electrons. The second-order valence-corrected chi connectivity index (χ2v) is 6.49. The highest BCUT2D eigenvalue weighted by Crippen LogP contribution is 2.42. The maximum absolute atomic E-state index is 12.3. The third kappa shape index (κ3) is 3.28. The van der Waals surface area contributed by atoms with Crippen molar-refractivity contribution in [1.82, 2.24) is 4.98 Å². The summed E-state index contributed by atoms with van der Waals surface area (Å²) in [6, 6.07) is 7.60. The number of hydrogen-bond donors (Lipinski definition) is 3. The Balaban J connectivity index is 1.93. The number of benzene rings is 2. The van der Waals surface area contributed by atoms with E-state index in [-0.39, 0.29) is 22.8 Å². The first-order valence-corrected chi connectivity index (χ1v) is 8.27. The Morgan fingerprint density at radius 2 is 1.88 bits per heavy atom. The second-order valence-electron chi connectivity index (χ2n) is 5.68. The van der Waals surface area contributed by atoms with E-state index in [1.54, 1.807) is 25.1 Å². The van der Waals surface area contributed by atoms with Gasteiger partial charge in [0.05, 0.1) is 26.9 Å². The molecule has 1 aromatic heterocycles. The summed E-state index contributed by atoms with van der Waals surface area (Å²) < 4.78 is 0. The first-order chi connectivity index (χ1) is 12.3. The minimum atomic E-state index is -0.645. The van der Waals surface area contributed by atoms with Crippen molar-refractivity contribution in [1.29, 1.82) is 0 Å². The first kappa shape index (κ1) is 18.3. The molecule has 1 unspecified atom stereocenters. The average molecular weight is 388 g/mol. The molecule has 3 aromatic rings. The van der Waals surface area contributed by atoms with Crippen LogP contribution in [0.15, 0.2) is 40.6 Å². The SMILES string of the molecule is [B]c1cc(C(C)C(=O)N=Nc2c(O)[nH]c3c(Cl)ccc(Cl)c23)ccc1O. The number of phenols is 1. The number of aromatic nitrogens is 1. The van der Waals surface area contributed by atoms with Crippen LogP contribution in [0.1, 0.15) is 18.4 Å². The molecule has 0 aliphatic carbocycles. The molecule has 6 nitrogen and oxygen atoms in total. The van der Waals surface area contributed by atoms with Crippen molar-refractivity contribution in [3.05, 3.63) is 45.9 Å². The van der Waals surface area contributed by atoms with E-state index < -0.39 is 11.8 Å². The predicted molar refractivity (Wildman–Crippen MR) is 101 cm³/mol. The summed E-state index contributed by atoms with van der Waals surface area (Å²) in [4.78, 5) is 15.0. The highest BCUT2D eigenvalue weighted by atomic mass is 35.5. The van der Waals surface area contributed by atoms with Gasteiger partial charge in [-0.2, -0.15) is 0 Å². The number of nitrogens with zero attached hydrogens (tertiary/aromatic N) is 2. The molecule has 1 heterocycles. The number of halogens is 2. The minimum Gasteiger partial charge on any atom is -0.509 e. The fourth-order valence-electron chi connectivity index (χ4n) is 2.47. The van der Waals surface area contributed by atoms with Gasteiger partial charge in [0.2, 0.25) is 5.88 Å². The molecule has 0 aliphatic rings. The number of H-pyrrole nitrogens is 1. The van der Waals surface area contributed by atoms with E-state index in [4.69, 9.17) is 31.0 Å². The fraction of sp³-hybridized carbons (Fsp3) is 0.118. The average Bonchev–Trinajstić information content (AvgIpc) is 2.95. The molecule has 26 heavy (non-hydrogen) atoms. The molecule has 0 spiro atoms. The molecule has 3 N–H and O–H groups in total. The van der Waals surface area contributed by atoms with Crippen molar-refractivity contribution in [2.45, 2.75) is 12.8 Å². The van der Waals surface area contributed by atoms with Gasteiger partial charge >= 0.3 is 0 Å². The van der Waals surface area contributed by atoms with Crippen LogP contribution in [0.3, 0.4) is 0 Å². The van der Waals surface area contributed by atoms with Gasteiger partial charge in [-0.05, 0) is 30.7 Å². The number of azo groups is 1. The molecule has 1 atom stereocenters. The molecule has 0 saturated heterocycles. The molecule has 3 rings (SSSR count). The minimum absolute atomic E-state index is 0.0262.